The Hall–Kier alpha value is -0.770. The molecular weight excluding hydrogens is 260 g/mol. The highest BCUT2D eigenvalue weighted by molar-refractivity contribution is 5.78. The molecule has 0 aliphatic carbocycles. The van der Waals surface area contributed by atoms with E-state index in [0.29, 0.717) is 12.0 Å². The number of nitrogens with two attached hydrogens (primary N) is 1. The smallest absolute Gasteiger partial charge is 0.191 e. The van der Waals surface area contributed by atoms with Crippen LogP contribution in [0.4, 0.5) is 0 Å². The predicted molar refractivity (Wildman–Crippen MR) is 90.5 cm³/mol. The molecule has 0 spiro atoms. The van der Waals surface area contributed by atoms with Gasteiger partial charge < -0.3 is 10.6 Å². The van der Waals surface area contributed by atoms with Crippen LogP contribution in [0.25, 0.3) is 0 Å². The Balaban J connectivity index is 1.89. The van der Waals surface area contributed by atoms with E-state index in [1.54, 1.807) is 0 Å². The zero-order valence-electron chi connectivity index (χ0n) is 14.2. The number of rotatable bonds is 4. The van der Waals surface area contributed by atoms with E-state index in [9.17, 15) is 0 Å². The Morgan fingerprint density at radius 3 is 2.29 bits per heavy atom. The molecule has 2 rings (SSSR count). The van der Waals surface area contributed by atoms with Crippen molar-refractivity contribution >= 4 is 5.96 Å². The fourth-order valence-corrected chi connectivity index (χ4v) is 3.52. The highest BCUT2D eigenvalue weighted by Crippen LogP contribution is 2.21. The van der Waals surface area contributed by atoms with Gasteiger partial charge >= 0.3 is 0 Å². The van der Waals surface area contributed by atoms with Crippen LogP contribution in [0.1, 0.15) is 52.9 Å². The van der Waals surface area contributed by atoms with Gasteiger partial charge in [-0.05, 0) is 57.0 Å². The molecule has 21 heavy (non-hydrogen) atoms. The molecule has 2 aliphatic heterocycles. The summed E-state index contributed by atoms with van der Waals surface area (Å²) in [7, 11) is 0. The average Bonchev–Trinajstić information content (AvgIpc) is 2.49. The second kappa shape index (κ2) is 8.02. The largest absolute Gasteiger partial charge is 0.370 e. The van der Waals surface area contributed by atoms with Crippen molar-refractivity contribution in [1.29, 1.82) is 0 Å². The molecule has 2 fully saturated rings. The fourth-order valence-electron chi connectivity index (χ4n) is 3.52. The molecule has 2 aliphatic rings. The Bertz CT molecular complexity index is 326. The van der Waals surface area contributed by atoms with Crippen LogP contribution >= 0.6 is 0 Å². The number of hydrogen-bond acceptors (Lipinski definition) is 2. The third-order valence-corrected chi connectivity index (χ3v) is 5.18. The number of aliphatic imine (C=N–C) groups is 1. The molecule has 0 saturated carbocycles. The summed E-state index contributed by atoms with van der Waals surface area (Å²) in [6.45, 7) is 12.5. The Labute approximate surface area is 130 Å². The van der Waals surface area contributed by atoms with Crippen LogP contribution in [0.5, 0.6) is 0 Å². The molecule has 0 bridgehead atoms. The van der Waals surface area contributed by atoms with Crippen molar-refractivity contribution < 1.29 is 0 Å². The summed E-state index contributed by atoms with van der Waals surface area (Å²) in [5.41, 5.74) is 6.21. The summed E-state index contributed by atoms with van der Waals surface area (Å²) in [5.74, 6) is 2.29. The first-order valence-electron chi connectivity index (χ1n) is 8.87. The first-order valence-corrected chi connectivity index (χ1v) is 8.87. The van der Waals surface area contributed by atoms with E-state index in [4.69, 9.17) is 10.7 Å². The van der Waals surface area contributed by atoms with Gasteiger partial charge in [-0.15, -0.1) is 0 Å². The third-order valence-electron chi connectivity index (χ3n) is 5.18. The molecule has 0 aromatic carbocycles. The van der Waals surface area contributed by atoms with E-state index in [1.165, 1.54) is 45.2 Å². The van der Waals surface area contributed by atoms with Crippen molar-refractivity contribution in [3.05, 3.63) is 0 Å². The van der Waals surface area contributed by atoms with Gasteiger partial charge in [-0.2, -0.15) is 0 Å². The van der Waals surface area contributed by atoms with Crippen molar-refractivity contribution in [3.8, 4) is 0 Å². The van der Waals surface area contributed by atoms with Crippen molar-refractivity contribution in [2.24, 2.45) is 22.6 Å². The number of nitrogens with zero attached hydrogens (tertiary/aromatic N) is 3. The molecule has 0 aromatic rings. The van der Waals surface area contributed by atoms with Crippen LogP contribution in [0.3, 0.4) is 0 Å². The lowest BCUT2D eigenvalue weighted by molar-refractivity contribution is 0.113. The van der Waals surface area contributed by atoms with E-state index in [0.717, 1.165) is 31.5 Å². The van der Waals surface area contributed by atoms with E-state index in [-0.39, 0.29) is 0 Å². The van der Waals surface area contributed by atoms with Crippen LogP contribution in [0.2, 0.25) is 0 Å². The van der Waals surface area contributed by atoms with Crippen molar-refractivity contribution in [3.63, 3.8) is 0 Å². The monoisotopic (exact) mass is 294 g/mol. The normalized spacial score (nSPS) is 24.6. The van der Waals surface area contributed by atoms with Crippen molar-refractivity contribution in [2.75, 3.05) is 32.7 Å². The SMILES string of the molecule is CC1CCN(C(CN=C(N)N2CCCCC2)C(C)C)CC1. The average molecular weight is 294 g/mol. The van der Waals surface area contributed by atoms with Crippen LogP contribution in [0.15, 0.2) is 4.99 Å². The molecule has 4 nitrogen and oxygen atoms in total. The standard InChI is InChI=1S/C17H34N4/c1-14(2)16(20-11-7-15(3)8-12-20)13-19-17(18)21-9-5-4-6-10-21/h14-16H,4-13H2,1-3H3,(H2,18,19). The Morgan fingerprint density at radius 1 is 1.10 bits per heavy atom. The van der Waals surface area contributed by atoms with Crippen LogP contribution in [-0.2, 0) is 0 Å². The first kappa shape index (κ1) is 16.6. The molecule has 2 saturated heterocycles. The summed E-state index contributed by atoms with van der Waals surface area (Å²) in [4.78, 5) is 9.64. The van der Waals surface area contributed by atoms with Gasteiger partial charge in [0.15, 0.2) is 5.96 Å². The quantitative estimate of drug-likeness (QED) is 0.640. The number of piperidine rings is 2. The summed E-state index contributed by atoms with van der Waals surface area (Å²) < 4.78 is 0. The molecule has 0 radical (unpaired) electrons. The highest BCUT2D eigenvalue weighted by atomic mass is 15.3. The maximum atomic E-state index is 6.21. The molecule has 4 heteroatoms. The number of hydrogen-bond donors (Lipinski definition) is 1. The molecule has 1 atom stereocenters. The minimum absolute atomic E-state index is 0.542. The van der Waals surface area contributed by atoms with Crippen LogP contribution in [-0.4, -0.2) is 54.5 Å². The Morgan fingerprint density at radius 2 is 1.71 bits per heavy atom. The van der Waals surface area contributed by atoms with Crippen molar-refractivity contribution in [1.82, 2.24) is 9.80 Å². The lowest BCUT2D eigenvalue weighted by Gasteiger charge is -2.38. The zero-order chi connectivity index (χ0) is 15.2. The molecule has 122 valence electrons. The maximum absolute atomic E-state index is 6.21. The third kappa shape index (κ3) is 4.87. The molecule has 0 amide bonds. The topological polar surface area (TPSA) is 44.9 Å². The Kier molecular flexibility index (Phi) is 6.34. The van der Waals surface area contributed by atoms with Gasteiger partial charge in [0.1, 0.15) is 0 Å². The second-order valence-electron chi connectivity index (χ2n) is 7.28. The number of likely N-dealkylation sites (tertiary alicyclic amines) is 2. The molecule has 1 unspecified atom stereocenters. The fraction of sp³-hybridized carbons (Fsp3) is 0.941. The van der Waals surface area contributed by atoms with Crippen molar-refractivity contribution in [2.45, 2.75) is 58.9 Å². The molecule has 2 N–H and O–H groups in total. The van der Waals surface area contributed by atoms with Gasteiger partial charge in [0.25, 0.3) is 0 Å². The van der Waals surface area contributed by atoms with E-state index in [1.807, 2.05) is 0 Å². The summed E-state index contributed by atoms with van der Waals surface area (Å²) in [6, 6.07) is 0.542. The highest BCUT2D eigenvalue weighted by Gasteiger charge is 2.25. The lowest BCUT2D eigenvalue weighted by atomic mass is 9.94. The van der Waals surface area contributed by atoms with Gasteiger partial charge in [-0.3, -0.25) is 9.89 Å². The van der Waals surface area contributed by atoms with Gasteiger partial charge in [-0.1, -0.05) is 20.8 Å². The molecule has 0 aromatic heterocycles. The zero-order valence-corrected chi connectivity index (χ0v) is 14.2. The van der Waals surface area contributed by atoms with Gasteiger partial charge in [0, 0.05) is 19.1 Å². The van der Waals surface area contributed by atoms with Gasteiger partial charge in [0.05, 0.1) is 6.54 Å². The summed E-state index contributed by atoms with van der Waals surface area (Å²) >= 11 is 0. The second-order valence-corrected chi connectivity index (χ2v) is 7.28. The predicted octanol–water partition coefficient (Wildman–Crippen LogP) is 2.54. The van der Waals surface area contributed by atoms with Crippen LogP contribution in [0, 0.1) is 11.8 Å². The van der Waals surface area contributed by atoms with Gasteiger partial charge in [0.2, 0.25) is 0 Å². The first-order chi connectivity index (χ1) is 10.1. The maximum Gasteiger partial charge on any atom is 0.191 e. The summed E-state index contributed by atoms with van der Waals surface area (Å²) in [6.07, 6.45) is 6.51. The van der Waals surface area contributed by atoms with E-state index in [2.05, 4.69) is 30.6 Å². The number of guanidine groups is 1. The lowest BCUT2D eigenvalue weighted by Crippen LogP contribution is -2.46. The molecule has 2 heterocycles. The summed E-state index contributed by atoms with van der Waals surface area (Å²) in [5, 5.41) is 0. The van der Waals surface area contributed by atoms with Crippen LogP contribution < -0.4 is 5.73 Å². The van der Waals surface area contributed by atoms with E-state index >= 15 is 0 Å². The van der Waals surface area contributed by atoms with Gasteiger partial charge in [-0.25, -0.2) is 0 Å². The minimum atomic E-state index is 0.542. The minimum Gasteiger partial charge on any atom is -0.370 e. The van der Waals surface area contributed by atoms with E-state index < -0.39 is 0 Å². The molecular formula is C17H34N4.